The molecule has 1 aromatic heterocycles. The van der Waals surface area contributed by atoms with Crippen LogP contribution in [0.15, 0.2) is 35.1 Å². The van der Waals surface area contributed by atoms with Crippen molar-refractivity contribution in [2.24, 2.45) is 7.05 Å². The van der Waals surface area contributed by atoms with Gasteiger partial charge in [-0.05, 0) is 31.2 Å². The van der Waals surface area contributed by atoms with E-state index in [-0.39, 0.29) is 12.3 Å². The molecule has 6 heteroatoms. The van der Waals surface area contributed by atoms with Gasteiger partial charge in [-0.25, -0.2) is 4.39 Å². The first kappa shape index (κ1) is 14.8. The number of aromatic nitrogens is 1. The molecular formula is C15H15FN2O3. The van der Waals surface area contributed by atoms with Gasteiger partial charge in [0.05, 0.1) is 12.2 Å². The Morgan fingerprint density at radius 1 is 1.33 bits per heavy atom. The highest BCUT2D eigenvalue weighted by Gasteiger charge is 2.12. The molecule has 1 aromatic carbocycles. The molecule has 0 atom stereocenters. The lowest BCUT2D eigenvalue weighted by Gasteiger charge is -2.14. The average molecular weight is 290 g/mol. The molecule has 1 heterocycles. The standard InChI is InChI=1S/C15H15FN2O3/c1-9-7-13(19)14(20)12(18(9)2)8-17-15(21)10-3-5-11(16)6-4-10/h3-7,20H,8H2,1-2H3,(H,17,21). The molecular weight excluding hydrogens is 275 g/mol. The number of nitrogens with one attached hydrogen (secondary N) is 1. The second kappa shape index (κ2) is 5.78. The maximum absolute atomic E-state index is 12.8. The Hall–Kier alpha value is -2.63. The van der Waals surface area contributed by atoms with Crippen molar-refractivity contribution in [1.29, 1.82) is 0 Å². The summed E-state index contributed by atoms with van der Waals surface area (Å²) in [5.41, 5.74) is 0.796. The third-order valence-corrected chi connectivity index (χ3v) is 3.30. The van der Waals surface area contributed by atoms with Crippen LogP contribution in [0.3, 0.4) is 0 Å². The number of hydrogen-bond acceptors (Lipinski definition) is 3. The summed E-state index contributed by atoms with van der Waals surface area (Å²) in [4.78, 5) is 23.5. The predicted octanol–water partition coefficient (Wildman–Crippen LogP) is 1.47. The van der Waals surface area contributed by atoms with Gasteiger partial charge < -0.3 is 15.0 Å². The van der Waals surface area contributed by atoms with E-state index in [1.54, 1.807) is 18.5 Å². The van der Waals surface area contributed by atoms with Crippen molar-refractivity contribution in [2.75, 3.05) is 0 Å². The zero-order valence-electron chi connectivity index (χ0n) is 11.7. The second-order valence-corrected chi connectivity index (χ2v) is 4.69. The molecule has 0 radical (unpaired) electrons. The molecule has 0 aliphatic rings. The maximum atomic E-state index is 12.8. The van der Waals surface area contributed by atoms with Crippen molar-refractivity contribution >= 4 is 5.91 Å². The van der Waals surface area contributed by atoms with Gasteiger partial charge in [-0.2, -0.15) is 0 Å². The Kier molecular flexibility index (Phi) is 4.07. The van der Waals surface area contributed by atoms with Crippen molar-refractivity contribution in [1.82, 2.24) is 9.88 Å². The SMILES string of the molecule is Cc1cc(=O)c(O)c(CNC(=O)c2ccc(F)cc2)n1C. The molecule has 2 rings (SSSR count). The van der Waals surface area contributed by atoms with E-state index >= 15 is 0 Å². The topological polar surface area (TPSA) is 71.3 Å². The lowest BCUT2D eigenvalue weighted by molar-refractivity contribution is 0.0949. The molecule has 0 aliphatic carbocycles. The highest BCUT2D eigenvalue weighted by molar-refractivity contribution is 5.94. The Labute approximate surface area is 120 Å². The summed E-state index contributed by atoms with van der Waals surface area (Å²) in [6.07, 6.45) is 0. The molecule has 0 fully saturated rings. The number of benzene rings is 1. The van der Waals surface area contributed by atoms with Crippen LogP contribution in [-0.2, 0) is 13.6 Å². The van der Waals surface area contributed by atoms with E-state index in [4.69, 9.17) is 0 Å². The third kappa shape index (κ3) is 3.10. The minimum absolute atomic E-state index is 0.00450. The largest absolute Gasteiger partial charge is 0.503 e. The summed E-state index contributed by atoms with van der Waals surface area (Å²) in [6, 6.07) is 6.42. The summed E-state index contributed by atoms with van der Waals surface area (Å²) in [7, 11) is 1.69. The molecule has 2 aromatic rings. The van der Waals surface area contributed by atoms with Gasteiger partial charge in [0.2, 0.25) is 5.43 Å². The lowest BCUT2D eigenvalue weighted by Crippen LogP contribution is -2.26. The molecule has 0 spiro atoms. The summed E-state index contributed by atoms with van der Waals surface area (Å²) in [6.45, 7) is 1.72. The van der Waals surface area contributed by atoms with Crippen LogP contribution < -0.4 is 10.7 Å². The molecule has 5 nitrogen and oxygen atoms in total. The van der Waals surface area contributed by atoms with Gasteiger partial charge >= 0.3 is 0 Å². The minimum Gasteiger partial charge on any atom is -0.503 e. The van der Waals surface area contributed by atoms with E-state index in [9.17, 15) is 19.1 Å². The highest BCUT2D eigenvalue weighted by atomic mass is 19.1. The fraction of sp³-hybridized carbons (Fsp3) is 0.200. The van der Waals surface area contributed by atoms with Gasteiger partial charge in [0, 0.05) is 24.4 Å². The number of rotatable bonds is 3. The predicted molar refractivity (Wildman–Crippen MR) is 75.7 cm³/mol. The number of halogens is 1. The Balaban J connectivity index is 2.19. The van der Waals surface area contributed by atoms with Gasteiger partial charge in [0.25, 0.3) is 5.91 Å². The van der Waals surface area contributed by atoms with Crippen LogP contribution >= 0.6 is 0 Å². The van der Waals surface area contributed by atoms with Crippen LogP contribution in [0.25, 0.3) is 0 Å². The Morgan fingerprint density at radius 3 is 2.57 bits per heavy atom. The summed E-state index contributed by atoms with van der Waals surface area (Å²) >= 11 is 0. The molecule has 2 N–H and O–H groups in total. The summed E-state index contributed by atoms with van der Waals surface area (Å²) < 4.78 is 14.4. The fourth-order valence-corrected chi connectivity index (χ4v) is 1.94. The zero-order chi connectivity index (χ0) is 15.6. The number of carbonyl (C=O) groups is 1. The summed E-state index contributed by atoms with van der Waals surface area (Å²) in [5.74, 6) is -1.23. The van der Waals surface area contributed by atoms with Crippen molar-refractivity contribution in [2.45, 2.75) is 13.5 Å². The van der Waals surface area contributed by atoms with Crippen molar-refractivity contribution in [3.63, 3.8) is 0 Å². The van der Waals surface area contributed by atoms with Crippen LogP contribution in [0.1, 0.15) is 21.7 Å². The van der Waals surface area contributed by atoms with Gasteiger partial charge in [-0.1, -0.05) is 0 Å². The fourth-order valence-electron chi connectivity index (χ4n) is 1.94. The molecule has 1 amide bonds. The zero-order valence-corrected chi connectivity index (χ0v) is 11.7. The Bertz CT molecular complexity index is 736. The minimum atomic E-state index is -0.489. The van der Waals surface area contributed by atoms with E-state index in [0.29, 0.717) is 17.0 Å². The highest BCUT2D eigenvalue weighted by Crippen LogP contribution is 2.12. The Morgan fingerprint density at radius 2 is 1.95 bits per heavy atom. The van der Waals surface area contributed by atoms with Crippen LogP contribution in [-0.4, -0.2) is 15.6 Å². The number of amides is 1. The number of nitrogens with zero attached hydrogens (tertiary/aromatic N) is 1. The molecule has 21 heavy (non-hydrogen) atoms. The molecule has 0 saturated carbocycles. The molecule has 0 unspecified atom stereocenters. The van der Waals surface area contributed by atoms with E-state index in [1.807, 2.05) is 0 Å². The number of aromatic hydroxyl groups is 1. The number of hydrogen-bond donors (Lipinski definition) is 2. The summed E-state index contributed by atoms with van der Waals surface area (Å²) in [5, 5.41) is 12.4. The average Bonchev–Trinajstić information content (AvgIpc) is 2.45. The van der Waals surface area contributed by atoms with Crippen LogP contribution in [0, 0.1) is 12.7 Å². The van der Waals surface area contributed by atoms with Gasteiger partial charge in [0.15, 0.2) is 5.75 Å². The van der Waals surface area contributed by atoms with E-state index in [1.165, 1.54) is 30.3 Å². The van der Waals surface area contributed by atoms with E-state index in [0.717, 1.165) is 0 Å². The van der Waals surface area contributed by atoms with Crippen LogP contribution in [0.4, 0.5) is 4.39 Å². The number of aryl methyl sites for hydroxylation is 1. The molecule has 0 saturated heterocycles. The molecule has 0 aliphatic heterocycles. The number of carbonyl (C=O) groups excluding carboxylic acids is 1. The molecule has 110 valence electrons. The lowest BCUT2D eigenvalue weighted by atomic mass is 10.2. The quantitative estimate of drug-likeness (QED) is 0.899. The van der Waals surface area contributed by atoms with Crippen molar-refractivity contribution < 1.29 is 14.3 Å². The van der Waals surface area contributed by atoms with Crippen molar-refractivity contribution in [3.05, 3.63) is 63.3 Å². The van der Waals surface area contributed by atoms with Crippen LogP contribution in [0.2, 0.25) is 0 Å². The number of pyridine rings is 1. The second-order valence-electron chi connectivity index (χ2n) is 4.69. The van der Waals surface area contributed by atoms with E-state index in [2.05, 4.69) is 5.32 Å². The monoisotopic (exact) mass is 290 g/mol. The normalized spacial score (nSPS) is 10.4. The maximum Gasteiger partial charge on any atom is 0.251 e. The van der Waals surface area contributed by atoms with Gasteiger partial charge in [-0.3, -0.25) is 9.59 Å². The first-order valence-corrected chi connectivity index (χ1v) is 6.32. The first-order chi connectivity index (χ1) is 9.90. The van der Waals surface area contributed by atoms with Crippen LogP contribution in [0.5, 0.6) is 5.75 Å². The van der Waals surface area contributed by atoms with Crippen molar-refractivity contribution in [3.8, 4) is 5.75 Å². The van der Waals surface area contributed by atoms with Gasteiger partial charge in [-0.15, -0.1) is 0 Å². The third-order valence-electron chi connectivity index (χ3n) is 3.30. The van der Waals surface area contributed by atoms with E-state index < -0.39 is 17.2 Å². The van der Waals surface area contributed by atoms with Gasteiger partial charge in [0.1, 0.15) is 5.82 Å². The molecule has 0 bridgehead atoms. The first-order valence-electron chi connectivity index (χ1n) is 6.32. The smallest absolute Gasteiger partial charge is 0.251 e.